The number of amides is 2. The first-order valence-corrected chi connectivity index (χ1v) is 8.70. The van der Waals surface area contributed by atoms with Gasteiger partial charge in [0.05, 0.1) is 11.6 Å². The molecule has 2 amide bonds. The fourth-order valence-corrected chi connectivity index (χ4v) is 4.30. The smallest absolute Gasteiger partial charge is 0.234 e. The van der Waals surface area contributed by atoms with Crippen molar-refractivity contribution in [3.05, 3.63) is 40.4 Å². The molecule has 1 aliphatic carbocycles. The van der Waals surface area contributed by atoms with Crippen molar-refractivity contribution in [3.63, 3.8) is 0 Å². The predicted octanol–water partition coefficient (Wildman–Crippen LogP) is 3.09. The maximum atomic E-state index is 12.7. The summed E-state index contributed by atoms with van der Waals surface area (Å²) >= 11 is 1.57. The van der Waals surface area contributed by atoms with Gasteiger partial charge in [0, 0.05) is 17.0 Å². The van der Waals surface area contributed by atoms with Crippen LogP contribution in [0.25, 0.3) is 0 Å². The van der Waals surface area contributed by atoms with Gasteiger partial charge in [0.2, 0.25) is 11.8 Å². The normalized spacial score (nSPS) is 19.5. The number of thiazole rings is 1. The molecule has 0 fully saturated rings. The second-order valence-electron chi connectivity index (χ2n) is 5.98. The Hall–Kier alpha value is -2.21. The van der Waals surface area contributed by atoms with Gasteiger partial charge in [-0.3, -0.25) is 9.59 Å². The Labute approximate surface area is 138 Å². The van der Waals surface area contributed by atoms with E-state index in [1.54, 1.807) is 11.3 Å². The summed E-state index contributed by atoms with van der Waals surface area (Å²) in [6.07, 6.45) is 4.58. The minimum Gasteiger partial charge on any atom is -0.326 e. The number of aryl methyl sites for hydroxylation is 2. The second-order valence-corrected chi connectivity index (χ2v) is 7.06. The van der Waals surface area contributed by atoms with Crippen LogP contribution in [0.1, 0.15) is 41.3 Å². The van der Waals surface area contributed by atoms with Gasteiger partial charge in [0.15, 0.2) is 5.13 Å². The molecule has 2 N–H and O–H groups in total. The molecule has 2 aliphatic rings. The molecule has 23 heavy (non-hydrogen) atoms. The van der Waals surface area contributed by atoms with E-state index in [9.17, 15) is 9.59 Å². The van der Waals surface area contributed by atoms with E-state index in [-0.39, 0.29) is 18.2 Å². The molecule has 1 aromatic heterocycles. The summed E-state index contributed by atoms with van der Waals surface area (Å²) in [6.45, 7) is 0. The standard InChI is InChI=1S/C17H17N3O2S/c21-15-9-11(10-5-1-2-6-12(10)18-15)16(22)20-17-19-13-7-3-4-8-14(13)23-17/h1-2,5-6,11H,3-4,7-9H2,(H,18,21)(H,19,20,22)/t11-/m1/s1. The molecule has 1 aromatic carbocycles. The molecule has 0 saturated heterocycles. The monoisotopic (exact) mass is 327 g/mol. The van der Waals surface area contributed by atoms with E-state index in [1.807, 2.05) is 24.3 Å². The second kappa shape index (κ2) is 5.77. The molecule has 2 aromatic rings. The number of fused-ring (bicyclic) bond motifs is 2. The fraction of sp³-hybridized carbons (Fsp3) is 0.353. The van der Waals surface area contributed by atoms with E-state index in [1.165, 1.54) is 17.7 Å². The highest BCUT2D eigenvalue weighted by Crippen LogP contribution is 2.34. The highest BCUT2D eigenvalue weighted by Gasteiger charge is 2.31. The van der Waals surface area contributed by atoms with Gasteiger partial charge < -0.3 is 10.6 Å². The molecule has 0 unspecified atom stereocenters. The van der Waals surface area contributed by atoms with Crippen LogP contribution in [0.2, 0.25) is 0 Å². The maximum absolute atomic E-state index is 12.7. The van der Waals surface area contributed by atoms with Crippen molar-refractivity contribution in [3.8, 4) is 0 Å². The Kier molecular flexibility index (Phi) is 3.61. The molecule has 0 spiro atoms. The lowest BCUT2D eigenvalue weighted by Crippen LogP contribution is -2.30. The Balaban J connectivity index is 1.57. The summed E-state index contributed by atoms with van der Waals surface area (Å²) < 4.78 is 0. The van der Waals surface area contributed by atoms with Crippen LogP contribution in [0.4, 0.5) is 10.8 Å². The van der Waals surface area contributed by atoms with Crippen molar-refractivity contribution >= 4 is 34.0 Å². The molecule has 118 valence electrons. The van der Waals surface area contributed by atoms with Crippen molar-refractivity contribution in [2.24, 2.45) is 0 Å². The minimum atomic E-state index is -0.458. The molecular formula is C17H17N3O2S. The first kappa shape index (κ1) is 14.4. The molecule has 0 bridgehead atoms. The van der Waals surface area contributed by atoms with Gasteiger partial charge >= 0.3 is 0 Å². The Morgan fingerprint density at radius 2 is 2.09 bits per heavy atom. The van der Waals surface area contributed by atoms with Crippen LogP contribution in [0.3, 0.4) is 0 Å². The lowest BCUT2D eigenvalue weighted by atomic mass is 9.90. The molecule has 1 aliphatic heterocycles. The van der Waals surface area contributed by atoms with Gasteiger partial charge in [-0.25, -0.2) is 4.98 Å². The topological polar surface area (TPSA) is 71.1 Å². The largest absolute Gasteiger partial charge is 0.326 e. The first-order chi connectivity index (χ1) is 11.2. The molecule has 6 heteroatoms. The summed E-state index contributed by atoms with van der Waals surface area (Å²) in [5, 5.41) is 6.39. The third-order valence-corrected chi connectivity index (χ3v) is 5.46. The summed E-state index contributed by atoms with van der Waals surface area (Å²) in [7, 11) is 0. The van der Waals surface area contributed by atoms with Gasteiger partial charge in [-0.15, -0.1) is 11.3 Å². The van der Waals surface area contributed by atoms with E-state index < -0.39 is 5.92 Å². The number of hydrogen-bond donors (Lipinski definition) is 2. The molecule has 4 rings (SSSR count). The van der Waals surface area contributed by atoms with Gasteiger partial charge in [-0.2, -0.15) is 0 Å². The van der Waals surface area contributed by atoms with Crippen molar-refractivity contribution in [1.82, 2.24) is 4.98 Å². The van der Waals surface area contributed by atoms with Crippen LogP contribution >= 0.6 is 11.3 Å². The van der Waals surface area contributed by atoms with Crippen molar-refractivity contribution in [2.75, 3.05) is 10.6 Å². The number of rotatable bonds is 2. The number of benzene rings is 1. The number of nitrogens with one attached hydrogen (secondary N) is 2. The summed E-state index contributed by atoms with van der Waals surface area (Å²) in [5.74, 6) is -0.735. The van der Waals surface area contributed by atoms with E-state index in [2.05, 4.69) is 15.6 Å². The van der Waals surface area contributed by atoms with Crippen LogP contribution in [-0.2, 0) is 22.4 Å². The van der Waals surface area contributed by atoms with Crippen LogP contribution in [0, 0.1) is 0 Å². The third-order valence-electron chi connectivity index (χ3n) is 4.39. The van der Waals surface area contributed by atoms with Crippen LogP contribution in [0.15, 0.2) is 24.3 Å². The number of para-hydroxylation sites is 1. The number of hydrogen-bond acceptors (Lipinski definition) is 4. The number of carbonyl (C=O) groups is 2. The van der Waals surface area contributed by atoms with Gasteiger partial charge in [-0.1, -0.05) is 18.2 Å². The van der Waals surface area contributed by atoms with Crippen molar-refractivity contribution < 1.29 is 9.59 Å². The van der Waals surface area contributed by atoms with Crippen LogP contribution in [-0.4, -0.2) is 16.8 Å². The van der Waals surface area contributed by atoms with Gasteiger partial charge in [0.1, 0.15) is 0 Å². The maximum Gasteiger partial charge on any atom is 0.234 e. The highest BCUT2D eigenvalue weighted by molar-refractivity contribution is 7.15. The fourth-order valence-electron chi connectivity index (χ4n) is 3.24. The predicted molar refractivity (Wildman–Crippen MR) is 89.8 cm³/mol. The average Bonchev–Trinajstić information content (AvgIpc) is 2.96. The van der Waals surface area contributed by atoms with Gasteiger partial charge in [0.25, 0.3) is 0 Å². The first-order valence-electron chi connectivity index (χ1n) is 7.89. The van der Waals surface area contributed by atoms with E-state index >= 15 is 0 Å². The lowest BCUT2D eigenvalue weighted by molar-refractivity contribution is -0.123. The molecule has 0 radical (unpaired) electrons. The van der Waals surface area contributed by atoms with Crippen LogP contribution in [0.5, 0.6) is 0 Å². The molecule has 2 heterocycles. The SMILES string of the molecule is O=C1C[C@@H](C(=O)Nc2nc3c(s2)CCCC3)c2ccccc2N1. The van der Waals surface area contributed by atoms with E-state index in [0.717, 1.165) is 29.8 Å². The minimum absolute atomic E-state index is 0.123. The molecule has 5 nitrogen and oxygen atoms in total. The lowest BCUT2D eigenvalue weighted by Gasteiger charge is -2.24. The zero-order chi connectivity index (χ0) is 15.8. The number of aromatic nitrogens is 1. The highest BCUT2D eigenvalue weighted by atomic mass is 32.1. The molecular weight excluding hydrogens is 310 g/mol. The van der Waals surface area contributed by atoms with Gasteiger partial charge in [-0.05, 0) is 37.3 Å². The van der Waals surface area contributed by atoms with E-state index in [0.29, 0.717) is 5.13 Å². The summed E-state index contributed by atoms with van der Waals surface area (Å²) in [5.41, 5.74) is 2.71. The Morgan fingerprint density at radius 3 is 2.96 bits per heavy atom. The summed E-state index contributed by atoms with van der Waals surface area (Å²) in [4.78, 5) is 30.3. The Bertz CT molecular complexity index is 760. The van der Waals surface area contributed by atoms with Crippen molar-refractivity contribution in [1.29, 1.82) is 0 Å². The average molecular weight is 327 g/mol. The molecule has 1 atom stereocenters. The Morgan fingerprint density at radius 1 is 1.26 bits per heavy atom. The number of nitrogens with zero attached hydrogens (tertiary/aromatic N) is 1. The zero-order valence-electron chi connectivity index (χ0n) is 12.6. The quantitative estimate of drug-likeness (QED) is 0.890. The van der Waals surface area contributed by atoms with Crippen molar-refractivity contribution in [2.45, 2.75) is 38.0 Å². The summed E-state index contributed by atoms with van der Waals surface area (Å²) in [6, 6.07) is 7.47. The number of anilines is 2. The van der Waals surface area contributed by atoms with Crippen LogP contribution < -0.4 is 10.6 Å². The zero-order valence-corrected chi connectivity index (χ0v) is 13.4. The van der Waals surface area contributed by atoms with E-state index in [4.69, 9.17) is 0 Å². The molecule has 0 saturated carbocycles. The number of carbonyl (C=O) groups excluding carboxylic acids is 2. The third kappa shape index (κ3) is 2.74.